The van der Waals surface area contributed by atoms with Gasteiger partial charge in [-0.1, -0.05) is 6.07 Å². The molecule has 2 aliphatic heterocycles. The number of fused-ring (bicyclic) bond motifs is 3. The molecule has 2 atom stereocenters. The number of nitrogens with zero attached hydrogens (tertiary/aromatic N) is 2. The van der Waals surface area contributed by atoms with Crippen LogP contribution in [0.4, 0.5) is 24.5 Å². The molecule has 1 aliphatic carbocycles. The molecule has 1 amide bonds. The molecular formula is C25H28F3N3O2. The number of carbonyl (C=O) groups is 1. The number of piperazine rings is 1. The number of ether oxygens (including phenoxy) is 1. The molecule has 1 N–H and O–H groups in total. The second kappa shape index (κ2) is 8.47. The second-order valence-corrected chi connectivity index (χ2v) is 9.25. The van der Waals surface area contributed by atoms with Gasteiger partial charge in [-0.05, 0) is 61.1 Å². The molecule has 0 aromatic heterocycles. The zero-order valence-electron chi connectivity index (χ0n) is 18.6. The number of anilines is 2. The van der Waals surface area contributed by atoms with E-state index in [0.717, 1.165) is 36.0 Å². The molecule has 33 heavy (non-hydrogen) atoms. The summed E-state index contributed by atoms with van der Waals surface area (Å²) in [4.78, 5) is 17.6. The Morgan fingerprint density at radius 1 is 1.15 bits per heavy atom. The van der Waals surface area contributed by atoms with Gasteiger partial charge in [-0.15, -0.1) is 0 Å². The van der Waals surface area contributed by atoms with Crippen molar-refractivity contribution in [3.05, 3.63) is 53.6 Å². The number of benzene rings is 2. The summed E-state index contributed by atoms with van der Waals surface area (Å²) in [6.07, 6.45) is -1.84. The molecule has 5 rings (SSSR count). The van der Waals surface area contributed by atoms with Crippen molar-refractivity contribution >= 4 is 17.3 Å². The fourth-order valence-electron chi connectivity index (χ4n) is 5.04. The predicted octanol–water partition coefficient (Wildman–Crippen LogP) is 4.11. The summed E-state index contributed by atoms with van der Waals surface area (Å²) in [5, 5.41) is 3.07. The van der Waals surface area contributed by atoms with Crippen molar-refractivity contribution in [3.63, 3.8) is 0 Å². The second-order valence-electron chi connectivity index (χ2n) is 9.25. The van der Waals surface area contributed by atoms with Crippen LogP contribution in [0.3, 0.4) is 0 Å². The minimum absolute atomic E-state index is 0.0625. The molecule has 0 spiro atoms. The van der Waals surface area contributed by atoms with Crippen molar-refractivity contribution < 1.29 is 22.7 Å². The number of hydrogen-bond donors (Lipinski definition) is 1. The van der Waals surface area contributed by atoms with Crippen LogP contribution < -0.4 is 19.9 Å². The Balaban J connectivity index is 1.45. The number of rotatable bonds is 5. The zero-order chi connectivity index (χ0) is 23.2. The van der Waals surface area contributed by atoms with Gasteiger partial charge < -0.3 is 19.9 Å². The van der Waals surface area contributed by atoms with E-state index in [1.807, 2.05) is 24.3 Å². The molecule has 0 unspecified atom stereocenters. The third-order valence-corrected chi connectivity index (χ3v) is 7.06. The molecule has 8 heteroatoms. The zero-order valence-corrected chi connectivity index (χ0v) is 18.6. The lowest BCUT2D eigenvalue weighted by atomic mass is 9.82. The molecule has 1 saturated heterocycles. The lowest BCUT2D eigenvalue weighted by Gasteiger charge is -2.49. The third kappa shape index (κ3) is 4.48. The van der Waals surface area contributed by atoms with E-state index in [2.05, 4.69) is 15.1 Å². The van der Waals surface area contributed by atoms with Crippen molar-refractivity contribution in [1.82, 2.24) is 5.32 Å². The SMILES string of the molecule is COc1cccc(N2CCN3c4ccc(C(F)(F)F)cc4C[C@H](C(=O)NCC4CC4)[C@@H]3C2)c1. The monoisotopic (exact) mass is 459 g/mol. The first-order chi connectivity index (χ1) is 15.8. The first-order valence-corrected chi connectivity index (χ1v) is 11.5. The Hall–Kier alpha value is -2.90. The van der Waals surface area contributed by atoms with Crippen LogP contribution in [0.25, 0.3) is 0 Å². The molecule has 0 bridgehead atoms. The number of nitrogens with one attached hydrogen (secondary N) is 1. The average molecular weight is 460 g/mol. The Kier molecular flexibility index (Phi) is 5.62. The maximum absolute atomic E-state index is 13.4. The minimum Gasteiger partial charge on any atom is -0.497 e. The standard InChI is InChI=1S/C25H28F3N3O2/c1-33-20-4-2-3-19(13-20)30-9-10-31-22-8-7-18(25(26,27)28)11-17(22)12-21(23(31)15-30)24(32)29-14-16-5-6-16/h2-4,7-8,11,13,16,21,23H,5-6,9-10,12,14-15H2,1H3,(H,29,32)/t21-,23-/m0/s1. The van der Waals surface area contributed by atoms with E-state index < -0.39 is 17.7 Å². The topological polar surface area (TPSA) is 44.8 Å². The van der Waals surface area contributed by atoms with Gasteiger partial charge in [0.1, 0.15) is 5.75 Å². The Bertz CT molecular complexity index is 1040. The molecule has 176 valence electrons. The molecule has 2 fully saturated rings. The highest BCUT2D eigenvalue weighted by atomic mass is 19.4. The summed E-state index contributed by atoms with van der Waals surface area (Å²) in [5.74, 6) is 0.834. The molecule has 5 nitrogen and oxygen atoms in total. The number of alkyl halides is 3. The fraction of sp³-hybridized carbons (Fsp3) is 0.480. The van der Waals surface area contributed by atoms with Gasteiger partial charge in [-0.2, -0.15) is 13.2 Å². The van der Waals surface area contributed by atoms with Crippen LogP contribution in [0.1, 0.15) is 24.0 Å². The average Bonchev–Trinajstić information content (AvgIpc) is 3.65. The molecule has 2 heterocycles. The molecule has 1 saturated carbocycles. The quantitative estimate of drug-likeness (QED) is 0.731. The first kappa shape index (κ1) is 21.9. The summed E-state index contributed by atoms with van der Waals surface area (Å²) >= 11 is 0. The van der Waals surface area contributed by atoms with Crippen molar-refractivity contribution in [3.8, 4) is 5.75 Å². The fourth-order valence-corrected chi connectivity index (χ4v) is 5.04. The first-order valence-electron chi connectivity index (χ1n) is 11.5. The van der Waals surface area contributed by atoms with E-state index in [1.54, 1.807) is 13.2 Å². The van der Waals surface area contributed by atoms with Gasteiger partial charge in [0.15, 0.2) is 0 Å². The highest BCUT2D eigenvalue weighted by Gasteiger charge is 2.43. The Morgan fingerprint density at radius 3 is 2.70 bits per heavy atom. The van der Waals surface area contributed by atoms with Crippen LogP contribution in [-0.2, 0) is 17.4 Å². The number of hydrogen-bond acceptors (Lipinski definition) is 4. The molecule has 2 aromatic rings. The van der Waals surface area contributed by atoms with Crippen molar-refractivity contribution in [2.24, 2.45) is 11.8 Å². The molecule has 0 radical (unpaired) electrons. The highest BCUT2D eigenvalue weighted by Crippen LogP contribution is 2.40. The predicted molar refractivity (Wildman–Crippen MR) is 121 cm³/mol. The smallest absolute Gasteiger partial charge is 0.416 e. The molecular weight excluding hydrogens is 431 g/mol. The summed E-state index contributed by atoms with van der Waals surface area (Å²) in [6, 6.07) is 11.7. The van der Waals surface area contributed by atoms with Gasteiger partial charge in [0.25, 0.3) is 0 Å². The van der Waals surface area contributed by atoms with Gasteiger partial charge in [-0.3, -0.25) is 4.79 Å². The van der Waals surface area contributed by atoms with Crippen LogP contribution in [0.5, 0.6) is 5.75 Å². The van der Waals surface area contributed by atoms with E-state index in [0.29, 0.717) is 44.1 Å². The third-order valence-electron chi connectivity index (χ3n) is 7.06. The van der Waals surface area contributed by atoms with E-state index in [4.69, 9.17) is 4.74 Å². The van der Waals surface area contributed by atoms with Crippen LogP contribution in [0, 0.1) is 11.8 Å². The highest BCUT2D eigenvalue weighted by molar-refractivity contribution is 5.82. The van der Waals surface area contributed by atoms with Gasteiger partial charge in [0.05, 0.1) is 24.6 Å². The minimum atomic E-state index is -4.40. The van der Waals surface area contributed by atoms with Gasteiger partial charge >= 0.3 is 6.18 Å². The normalized spacial score (nSPS) is 22.4. The molecule has 3 aliphatic rings. The van der Waals surface area contributed by atoms with E-state index in [9.17, 15) is 18.0 Å². The summed E-state index contributed by atoms with van der Waals surface area (Å²) < 4.78 is 45.4. The largest absolute Gasteiger partial charge is 0.497 e. The number of methoxy groups -OCH3 is 1. The Morgan fingerprint density at radius 2 is 1.97 bits per heavy atom. The van der Waals surface area contributed by atoms with Crippen molar-refractivity contribution in [1.29, 1.82) is 0 Å². The van der Waals surface area contributed by atoms with Crippen LogP contribution in [-0.4, -0.2) is 45.2 Å². The number of amides is 1. The van der Waals surface area contributed by atoms with Crippen LogP contribution >= 0.6 is 0 Å². The maximum atomic E-state index is 13.4. The lowest BCUT2D eigenvalue weighted by Crippen LogP contribution is -2.61. The van der Waals surface area contributed by atoms with Gasteiger partial charge in [0, 0.05) is 43.6 Å². The van der Waals surface area contributed by atoms with Crippen LogP contribution in [0.2, 0.25) is 0 Å². The van der Waals surface area contributed by atoms with E-state index in [-0.39, 0.29) is 11.9 Å². The number of carbonyl (C=O) groups excluding carboxylic acids is 1. The summed E-state index contributed by atoms with van der Waals surface area (Å²) in [5.41, 5.74) is 1.77. The lowest BCUT2D eigenvalue weighted by molar-refractivity contribution is -0.137. The van der Waals surface area contributed by atoms with Crippen LogP contribution in [0.15, 0.2) is 42.5 Å². The van der Waals surface area contributed by atoms with E-state index in [1.165, 1.54) is 6.07 Å². The summed E-state index contributed by atoms with van der Waals surface area (Å²) in [6.45, 7) is 2.61. The van der Waals surface area contributed by atoms with Gasteiger partial charge in [0.2, 0.25) is 5.91 Å². The van der Waals surface area contributed by atoms with Gasteiger partial charge in [-0.25, -0.2) is 0 Å². The maximum Gasteiger partial charge on any atom is 0.416 e. The Labute approximate surface area is 191 Å². The van der Waals surface area contributed by atoms with Crippen molar-refractivity contribution in [2.75, 3.05) is 43.1 Å². The number of halogens is 3. The van der Waals surface area contributed by atoms with E-state index >= 15 is 0 Å². The molecule has 2 aromatic carbocycles. The van der Waals surface area contributed by atoms with Crippen molar-refractivity contribution in [2.45, 2.75) is 31.5 Å². The summed E-state index contributed by atoms with van der Waals surface area (Å²) in [7, 11) is 1.63.